The number of nitrogens with zero attached hydrogens (tertiary/aromatic N) is 2. The lowest BCUT2D eigenvalue weighted by Gasteiger charge is -2.31. The van der Waals surface area contributed by atoms with E-state index in [2.05, 4.69) is 5.32 Å². The second-order valence-electron chi connectivity index (χ2n) is 6.32. The SMILES string of the molecule is O=C1CN(C(=O)[C@H]2CCCN2C(=O)C2CCCCC2)CN1. The summed E-state index contributed by atoms with van der Waals surface area (Å²) in [5, 5.41) is 2.64. The Kier molecular flexibility index (Phi) is 4.12. The number of nitrogens with one attached hydrogen (secondary N) is 1. The number of likely N-dealkylation sites (tertiary alicyclic amines) is 1. The van der Waals surface area contributed by atoms with Crippen LogP contribution in [0.15, 0.2) is 0 Å². The monoisotopic (exact) mass is 293 g/mol. The summed E-state index contributed by atoms with van der Waals surface area (Å²) < 4.78 is 0. The molecule has 0 spiro atoms. The average Bonchev–Trinajstić information content (AvgIpc) is 3.15. The van der Waals surface area contributed by atoms with Gasteiger partial charge in [-0.05, 0) is 25.7 Å². The van der Waals surface area contributed by atoms with Gasteiger partial charge in [0.25, 0.3) is 0 Å². The minimum absolute atomic E-state index is 0.0741. The molecule has 6 nitrogen and oxygen atoms in total. The summed E-state index contributed by atoms with van der Waals surface area (Å²) in [5.41, 5.74) is 0. The van der Waals surface area contributed by atoms with Crippen molar-refractivity contribution in [1.82, 2.24) is 15.1 Å². The van der Waals surface area contributed by atoms with Crippen molar-refractivity contribution in [3.63, 3.8) is 0 Å². The fraction of sp³-hybridized carbons (Fsp3) is 0.800. The number of hydrogen-bond acceptors (Lipinski definition) is 3. The molecule has 2 heterocycles. The third-order valence-corrected chi connectivity index (χ3v) is 4.89. The maximum Gasteiger partial charge on any atom is 0.247 e. The molecule has 0 aromatic heterocycles. The Morgan fingerprint density at radius 2 is 1.76 bits per heavy atom. The van der Waals surface area contributed by atoms with Gasteiger partial charge in [0.05, 0.1) is 6.67 Å². The maximum atomic E-state index is 12.7. The van der Waals surface area contributed by atoms with Gasteiger partial charge in [0.1, 0.15) is 12.6 Å². The van der Waals surface area contributed by atoms with Crippen molar-refractivity contribution in [2.75, 3.05) is 19.8 Å². The molecule has 3 aliphatic rings. The first-order valence-electron chi connectivity index (χ1n) is 8.03. The Labute approximate surface area is 124 Å². The number of hydrogen-bond donors (Lipinski definition) is 1. The summed E-state index contributed by atoms with van der Waals surface area (Å²) in [7, 11) is 0. The van der Waals surface area contributed by atoms with E-state index in [9.17, 15) is 14.4 Å². The number of carbonyl (C=O) groups is 3. The molecule has 6 heteroatoms. The predicted molar refractivity (Wildman–Crippen MR) is 76.0 cm³/mol. The second-order valence-corrected chi connectivity index (χ2v) is 6.32. The Morgan fingerprint density at radius 3 is 2.43 bits per heavy atom. The van der Waals surface area contributed by atoms with Crippen LogP contribution in [0.2, 0.25) is 0 Å². The van der Waals surface area contributed by atoms with Crippen LogP contribution in [0.25, 0.3) is 0 Å². The zero-order valence-electron chi connectivity index (χ0n) is 12.3. The third kappa shape index (κ3) is 2.89. The van der Waals surface area contributed by atoms with Crippen molar-refractivity contribution in [3.8, 4) is 0 Å². The van der Waals surface area contributed by atoms with Crippen molar-refractivity contribution in [2.24, 2.45) is 5.92 Å². The molecule has 0 radical (unpaired) electrons. The molecule has 21 heavy (non-hydrogen) atoms. The highest BCUT2D eigenvalue weighted by molar-refractivity contribution is 5.93. The minimum atomic E-state index is -0.355. The fourth-order valence-electron chi connectivity index (χ4n) is 3.71. The molecule has 2 saturated heterocycles. The van der Waals surface area contributed by atoms with Crippen LogP contribution in [-0.4, -0.2) is 53.3 Å². The molecule has 3 rings (SSSR count). The van der Waals surface area contributed by atoms with Gasteiger partial charge in [0.2, 0.25) is 17.7 Å². The van der Waals surface area contributed by atoms with Crippen LogP contribution < -0.4 is 5.32 Å². The summed E-state index contributed by atoms with van der Waals surface area (Å²) in [5.74, 6) is 0.0658. The van der Waals surface area contributed by atoms with Crippen molar-refractivity contribution < 1.29 is 14.4 Å². The highest BCUT2D eigenvalue weighted by Crippen LogP contribution is 2.29. The molecule has 0 aromatic rings. The summed E-state index contributed by atoms with van der Waals surface area (Å²) in [4.78, 5) is 39.8. The Balaban J connectivity index is 1.65. The fourth-order valence-corrected chi connectivity index (χ4v) is 3.71. The highest BCUT2D eigenvalue weighted by Gasteiger charge is 2.40. The third-order valence-electron chi connectivity index (χ3n) is 4.89. The van der Waals surface area contributed by atoms with Crippen LogP contribution in [-0.2, 0) is 14.4 Å². The quantitative estimate of drug-likeness (QED) is 0.805. The molecule has 3 fully saturated rings. The molecule has 1 atom stereocenters. The van der Waals surface area contributed by atoms with E-state index in [0.717, 1.165) is 38.5 Å². The molecule has 2 aliphatic heterocycles. The van der Waals surface area contributed by atoms with Crippen LogP contribution in [0.3, 0.4) is 0 Å². The van der Waals surface area contributed by atoms with Crippen molar-refractivity contribution >= 4 is 17.7 Å². The van der Waals surface area contributed by atoms with E-state index >= 15 is 0 Å². The first-order chi connectivity index (χ1) is 10.2. The van der Waals surface area contributed by atoms with E-state index in [4.69, 9.17) is 0 Å². The van der Waals surface area contributed by atoms with E-state index < -0.39 is 0 Å². The molecule has 0 aromatic carbocycles. The van der Waals surface area contributed by atoms with Gasteiger partial charge in [-0.3, -0.25) is 14.4 Å². The van der Waals surface area contributed by atoms with E-state index in [1.54, 1.807) is 4.90 Å². The minimum Gasteiger partial charge on any atom is -0.337 e. The van der Waals surface area contributed by atoms with E-state index in [0.29, 0.717) is 6.54 Å². The highest BCUT2D eigenvalue weighted by atomic mass is 16.2. The van der Waals surface area contributed by atoms with Gasteiger partial charge in [0, 0.05) is 12.5 Å². The first-order valence-corrected chi connectivity index (χ1v) is 8.03. The lowest BCUT2D eigenvalue weighted by Crippen LogP contribution is -2.49. The summed E-state index contributed by atoms with van der Waals surface area (Å²) in [6, 6.07) is -0.355. The molecular formula is C15H23N3O3. The second kappa shape index (κ2) is 6.03. The van der Waals surface area contributed by atoms with E-state index in [1.807, 2.05) is 0 Å². The Bertz CT molecular complexity index is 445. The first kappa shape index (κ1) is 14.4. The topological polar surface area (TPSA) is 69.7 Å². The molecular weight excluding hydrogens is 270 g/mol. The van der Waals surface area contributed by atoms with Gasteiger partial charge >= 0.3 is 0 Å². The molecule has 0 unspecified atom stereocenters. The molecule has 116 valence electrons. The van der Waals surface area contributed by atoms with Gasteiger partial charge in [-0.25, -0.2) is 0 Å². The van der Waals surface area contributed by atoms with Gasteiger partial charge in [-0.1, -0.05) is 19.3 Å². The van der Waals surface area contributed by atoms with Crippen LogP contribution in [0.5, 0.6) is 0 Å². The van der Waals surface area contributed by atoms with Gasteiger partial charge in [0.15, 0.2) is 0 Å². The zero-order chi connectivity index (χ0) is 14.8. The summed E-state index contributed by atoms with van der Waals surface area (Å²) in [6.45, 7) is 1.08. The summed E-state index contributed by atoms with van der Waals surface area (Å²) >= 11 is 0. The van der Waals surface area contributed by atoms with Crippen LogP contribution in [0.4, 0.5) is 0 Å². The largest absolute Gasteiger partial charge is 0.337 e. The van der Waals surface area contributed by atoms with Crippen molar-refractivity contribution in [2.45, 2.75) is 51.0 Å². The zero-order valence-corrected chi connectivity index (χ0v) is 12.3. The molecule has 1 aliphatic carbocycles. The Morgan fingerprint density at radius 1 is 1.00 bits per heavy atom. The smallest absolute Gasteiger partial charge is 0.247 e. The standard InChI is InChI=1S/C15H23N3O3/c19-13-9-17(10-16-13)15(21)12-7-4-8-18(12)14(20)11-5-2-1-3-6-11/h11-12H,1-10H2,(H,16,19)/t12-/m1/s1. The molecule has 0 bridgehead atoms. The van der Waals surface area contributed by atoms with E-state index in [1.165, 1.54) is 11.3 Å². The van der Waals surface area contributed by atoms with E-state index in [-0.39, 0.29) is 42.9 Å². The number of carbonyl (C=O) groups excluding carboxylic acids is 3. The lowest BCUT2D eigenvalue weighted by atomic mass is 9.88. The molecule has 1 N–H and O–H groups in total. The number of rotatable bonds is 2. The van der Waals surface area contributed by atoms with Gasteiger partial charge in [-0.15, -0.1) is 0 Å². The van der Waals surface area contributed by atoms with Crippen molar-refractivity contribution in [1.29, 1.82) is 0 Å². The predicted octanol–water partition coefficient (Wildman–Crippen LogP) is 0.474. The molecule has 1 saturated carbocycles. The van der Waals surface area contributed by atoms with Crippen LogP contribution in [0.1, 0.15) is 44.9 Å². The van der Waals surface area contributed by atoms with Gasteiger partial charge < -0.3 is 15.1 Å². The lowest BCUT2D eigenvalue weighted by molar-refractivity contribution is -0.146. The summed E-state index contributed by atoms with van der Waals surface area (Å²) in [6.07, 6.45) is 6.97. The van der Waals surface area contributed by atoms with Gasteiger partial charge in [-0.2, -0.15) is 0 Å². The van der Waals surface area contributed by atoms with Crippen LogP contribution in [0, 0.1) is 5.92 Å². The van der Waals surface area contributed by atoms with Crippen LogP contribution >= 0.6 is 0 Å². The molecule has 3 amide bonds. The maximum absolute atomic E-state index is 12.7. The number of amides is 3. The average molecular weight is 293 g/mol. The van der Waals surface area contributed by atoms with Crippen molar-refractivity contribution in [3.05, 3.63) is 0 Å². The normalized spacial score (nSPS) is 27.0. The Hall–Kier alpha value is -1.59.